The first-order valence-corrected chi connectivity index (χ1v) is 10.2. The van der Waals surface area contributed by atoms with Gasteiger partial charge in [0.1, 0.15) is 5.75 Å². The summed E-state index contributed by atoms with van der Waals surface area (Å²) < 4.78 is 5.52. The molecule has 0 spiro atoms. The van der Waals surface area contributed by atoms with Gasteiger partial charge in [-0.3, -0.25) is 9.59 Å². The highest BCUT2D eigenvalue weighted by molar-refractivity contribution is 6.09. The van der Waals surface area contributed by atoms with E-state index < -0.39 is 6.09 Å². The summed E-state index contributed by atoms with van der Waals surface area (Å²) >= 11 is 0. The van der Waals surface area contributed by atoms with Crippen LogP contribution in [0.4, 0.5) is 4.79 Å². The van der Waals surface area contributed by atoms with Gasteiger partial charge in [-0.1, -0.05) is 56.2 Å². The summed E-state index contributed by atoms with van der Waals surface area (Å²) in [5.41, 5.74) is 1.54. The number of amides is 2. The first-order valence-electron chi connectivity index (χ1n) is 10.2. The van der Waals surface area contributed by atoms with E-state index >= 15 is 0 Å². The Labute approximate surface area is 176 Å². The Balaban J connectivity index is 1.78. The highest BCUT2D eigenvalue weighted by atomic mass is 16.6. The van der Waals surface area contributed by atoms with Crippen molar-refractivity contribution in [3.63, 3.8) is 0 Å². The number of hydrogen-bond donors (Lipinski definition) is 2. The third kappa shape index (κ3) is 5.80. The molecule has 30 heavy (non-hydrogen) atoms. The predicted octanol–water partition coefficient (Wildman–Crippen LogP) is 4.14. The molecule has 0 atom stereocenters. The van der Waals surface area contributed by atoms with Gasteiger partial charge in [-0.25, -0.2) is 4.79 Å². The summed E-state index contributed by atoms with van der Waals surface area (Å²) in [6.07, 6.45) is 5.91. The standard InChI is InChI=1S/C24H26N2O4/c1-2-22(27)25-16-19-15-18(23(28)17-9-5-3-6-10-17)13-14-21(19)30-24(29)26-20-11-7-4-8-12-20/h2-3,5-6,9-10,13-15,20H,1,4,7-8,11-12,16H2,(H,25,27)(H,26,29). The Hall–Kier alpha value is -3.41. The second-order valence-corrected chi connectivity index (χ2v) is 7.31. The fourth-order valence-corrected chi connectivity index (χ4v) is 3.51. The predicted molar refractivity (Wildman–Crippen MR) is 114 cm³/mol. The summed E-state index contributed by atoms with van der Waals surface area (Å²) in [6, 6.07) is 13.9. The maximum absolute atomic E-state index is 12.8. The summed E-state index contributed by atoms with van der Waals surface area (Å²) in [7, 11) is 0. The molecular weight excluding hydrogens is 380 g/mol. The Morgan fingerprint density at radius 3 is 2.43 bits per heavy atom. The molecule has 0 aromatic heterocycles. The van der Waals surface area contributed by atoms with Crippen LogP contribution in [0.3, 0.4) is 0 Å². The molecule has 2 aromatic carbocycles. The van der Waals surface area contributed by atoms with Crippen molar-refractivity contribution in [2.45, 2.75) is 44.7 Å². The quantitative estimate of drug-likeness (QED) is 0.535. The molecule has 3 rings (SSSR count). The molecule has 6 nitrogen and oxygen atoms in total. The van der Waals surface area contributed by atoms with Gasteiger partial charge in [-0.05, 0) is 37.1 Å². The van der Waals surface area contributed by atoms with E-state index in [-0.39, 0.29) is 24.3 Å². The average Bonchev–Trinajstić information content (AvgIpc) is 2.78. The van der Waals surface area contributed by atoms with E-state index in [1.165, 1.54) is 6.42 Å². The number of carbonyl (C=O) groups excluding carboxylic acids is 3. The van der Waals surface area contributed by atoms with E-state index in [1.54, 1.807) is 42.5 Å². The molecule has 0 radical (unpaired) electrons. The summed E-state index contributed by atoms with van der Waals surface area (Å²) in [4.78, 5) is 36.7. The second kappa shape index (κ2) is 10.4. The van der Waals surface area contributed by atoms with Gasteiger partial charge in [0.15, 0.2) is 5.78 Å². The van der Waals surface area contributed by atoms with E-state index in [1.807, 2.05) is 6.07 Å². The van der Waals surface area contributed by atoms with Gasteiger partial charge < -0.3 is 15.4 Å². The molecular formula is C24H26N2O4. The van der Waals surface area contributed by atoms with E-state index in [4.69, 9.17) is 4.74 Å². The molecule has 2 aromatic rings. The van der Waals surface area contributed by atoms with Crippen LogP contribution in [-0.2, 0) is 11.3 Å². The summed E-state index contributed by atoms with van der Waals surface area (Å²) in [5.74, 6) is -0.199. The first kappa shape index (κ1) is 21.3. The average molecular weight is 406 g/mol. The van der Waals surface area contributed by atoms with Crippen LogP contribution in [0, 0.1) is 0 Å². The van der Waals surface area contributed by atoms with E-state index in [0.29, 0.717) is 22.4 Å². The van der Waals surface area contributed by atoms with Crippen LogP contribution in [0.5, 0.6) is 5.75 Å². The van der Waals surface area contributed by atoms with Crippen LogP contribution >= 0.6 is 0 Å². The van der Waals surface area contributed by atoms with Crippen molar-refractivity contribution in [2.75, 3.05) is 0 Å². The molecule has 2 amide bonds. The highest BCUT2D eigenvalue weighted by Gasteiger charge is 2.19. The first-order chi connectivity index (χ1) is 14.6. The maximum Gasteiger partial charge on any atom is 0.412 e. The molecule has 0 saturated heterocycles. The van der Waals surface area contributed by atoms with E-state index in [2.05, 4.69) is 17.2 Å². The van der Waals surface area contributed by atoms with Crippen LogP contribution in [0.25, 0.3) is 0 Å². The minimum Gasteiger partial charge on any atom is -0.410 e. The number of ether oxygens (including phenoxy) is 1. The number of nitrogens with one attached hydrogen (secondary N) is 2. The minimum absolute atomic E-state index is 0.104. The molecule has 0 unspecified atom stereocenters. The lowest BCUT2D eigenvalue weighted by Crippen LogP contribution is -2.38. The van der Waals surface area contributed by atoms with Gasteiger partial charge >= 0.3 is 6.09 Å². The Morgan fingerprint density at radius 1 is 1.00 bits per heavy atom. The Kier molecular flexibility index (Phi) is 7.38. The largest absolute Gasteiger partial charge is 0.412 e. The maximum atomic E-state index is 12.8. The van der Waals surface area contributed by atoms with E-state index in [0.717, 1.165) is 31.8 Å². The smallest absolute Gasteiger partial charge is 0.410 e. The van der Waals surface area contributed by atoms with Crippen molar-refractivity contribution < 1.29 is 19.1 Å². The van der Waals surface area contributed by atoms with Crippen LogP contribution < -0.4 is 15.4 Å². The van der Waals surface area contributed by atoms with Crippen molar-refractivity contribution >= 4 is 17.8 Å². The highest BCUT2D eigenvalue weighted by Crippen LogP contribution is 2.23. The van der Waals surface area contributed by atoms with Gasteiger partial charge in [0.25, 0.3) is 0 Å². The molecule has 1 fully saturated rings. The Morgan fingerprint density at radius 2 is 1.73 bits per heavy atom. The van der Waals surface area contributed by atoms with Crippen LogP contribution in [0.2, 0.25) is 0 Å². The lowest BCUT2D eigenvalue weighted by Gasteiger charge is -2.22. The molecule has 6 heteroatoms. The van der Waals surface area contributed by atoms with Crippen molar-refractivity contribution in [2.24, 2.45) is 0 Å². The molecule has 1 saturated carbocycles. The van der Waals surface area contributed by atoms with Gasteiger partial charge in [0.05, 0.1) is 0 Å². The summed E-state index contributed by atoms with van der Waals surface area (Å²) in [6.45, 7) is 3.54. The van der Waals surface area contributed by atoms with Crippen molar-refractivity contribution in [1.29, 1.82) is 0 Å². The number of hydrogen-bond acceptors (Lipinski definition) is 4. The molecule has 0 heterocycles. The topological polar surface area (TPSA) is 84.5 Å². The van der Waals surface area contributed by atoms with Crippen LogP contribution in [0.15, 0.2) is 61.2 Å². The number of ketones is 1. The minimum atomic E-state index is -0.527. The number of benzene rings is 2. The van der Waals surface area contributed by atoms with Crippen molar-refractivity contribution in [3.8, 4) is 5.75 Å². The molecule has 0 bridgehead atoms. The van der Waals surface area contributed by atoms with Gasteiger partial charge in [-0.15, -0.1) is 0 Å². The van der Waals surface area contributed by atoms with Crippen LogP contribution in [-0.4, -0.2) is 23.8 Å². The molecule has 1 aliphatic rings. The fraction of sp³-hybridized carbons (Fsp3) is 0.292. The molecule has 0 aliphatic heterocycles. The lowest BCUT2D eigenvalue weighted by atomic mass is 9.96. The fourth-order valence-electron chi connectivity index (χ4n) is 3.51. The molecule has 1 aliphatic carbocycles. The molecule has 2 N–H and O–H groups in total. The second-order valence-electron chi connectivity index (χ2n) is 7.31. The molecule has 156 valence electrons. The Bertz CT molecular complexity index is 918. The number of carbonyl (C=O) groups is 3. The van der Waals surface area contributed by atoms with Crippen molar-refractivity contribution in [3.05, 3.63) is 77.9 Å². The normalized spacial score (nSPS) is 13.9. The SMILES string of the molecule is C=CC(=O)NCc1cc(C(=O)c2ccccc2)ccc1OC(=O)NC1CCCCC1. The lowest BCUT2D eigenvalue weighted by molar-refractivity contribution is -0.116. The van der Waals surface area contributed by atoms with E-state index in [9.17, 15) is 14.4 Å². The third-order valence-electron chi connectivity index (χ3n) is 5.13. The van der Waals surface area contributed by atoms with Crippen LogP contribution in [0.1, 0.15) is 53.6 Å². The van der Waals surface area contributed by atoms with Gasteiger partial charge in [0, 0.05) is 29.3 Å². The summed E-state index contributed by atoms with van der Waals surface area (Å²) in [5, 5.41) is 5.57. The zero-order valence-electron chi connectivity index (χ0n) is 16.9. The van der Waals surface area contributed by atoms with Crippen molar-refractivity contribution in [1.82, 2.24) is 10.6 Å². The monoisotopic (exact) mass is 406 g/mol. The van der Waals surface area contributed by atoms with Gasteiger partial charge in [0.2, 0.25) is 5.91 Å². The van der Waals surface area contributed by atoms with Gasteiger partial charge in [-0.2, -0.15) is 0 Å². The number of rotatable bonds is 7. The third-order valence-corrected chi connectivity index (χ3v) is 5.13. The zero-order valence-corrected chi connectivity index (χ0v) is 16.9. The zero-order chi connectivity index (χ0) is 21.3.